The van der Waals surface area contributed by atoms with Gasteiger partial charge in [0.1, 0.15) is 5.82 Å². The third-order valence-electron chi connectivity index (χ3n) is 2.70. The monoisotopic (exact) mass is 294 g/mol. The van der Waals surface area contributed by atoms with Crippen LogP contribution >= 0.6 is 23.2 Å². The second kappa shape index (κ2) is 5.23. The fourth-order valence-corrected chi connectivity index (χ4v) is 2.21. The Bertz CT molecular complexity index is 579. The number of rotatable bonds is 4. The van der Waals surface area contributed by atoms with Gasteiger partial charge in [0.25, 0.3) is 0 Å². The van der Waals surface area contributed by atoms with Crippen LogP contribution in [0.4, 0.5) is 17.5 Å². The molecule has 1 heterocycles. The quantitative estimate of drug-likeness (QED) is 0.891. The molecule has 1 aromatic carbocycles. The van der Waals surface area contributed by atoms with Crippen LogP contribution in [-0.2, 0) is 0 Å². The van der Waals surface area contributed by atoms with Gasteiger partial charge in [0.2, 0.25) is 5.95 Å². The van der Waals surface area contributed by atoms with Gasteiger partial charge < -0.3 is 10.6 Å². The molecule has 0 amide bonds. The number of nitrogens with zero attached hydrogens (tertiary/aromatic N) is 2. The summed E-state index contributed by atoms with van der Waals surface area (Å²) in [6.07, 6.45) is 4.09. The minimum Gasteiger partial charge on any atom is -0.351 e. The molecule has 1 aliphatic carbocycles. The van der Waals surface area contributed by atoms with E-state index in [1.807, 2.05) is 0 Å². The summed E-state index contributed by atoms with van der Waals surface area (Å²) < 4.78 is 0. The molecular formula is C13H12Cl2N4. The molecule has 1 fully saturated rings. The van der Waals surface area contributed by atoms with E-state index in [-0.39, 0.29) is 0 Å². The Balaban J connectivity index is 1.77. The van der Waals surface area contributed by atoms with Crippen molar-refractivity contribution in [2.24, 2.45) is 0 Å². The molecule has 0 unspecified atom stereocenters. The smallest absolute Gasteiger partial charge is 0.224 e. The Labute approximate surface area is 121 Å². The van der Waals surface area contributed by atoms with Crippen molar-refractivity contribution in [3.63, 3.8) is 0 Å². The van der Waals surface area contributed by atoms with Gasteiger partial charge in [0.05, 0.1) is 0 Å². The summed E-state index contributed by atoms with van der Waals surface area (Å²) in [6, 6.07) is 7.60. The second-order valence-corrected chi connectivity index (χ2v) is 5.34. The highest BCUT2D eigenvalue weighted by Crippen LogP contribution is 2.26. The van der Waals surface area contributed by atoms with Crippen molar-refractivity contribution in [2.45, 2.75) is 18.9 Å². The Morgan fingerprint density at radius 1 is 1.11 bits per heavy atom. The van der Waals surface area contributed by atoms with Gasteiger partial charge in [-0.15, -0.1) is 0 Å². The van der Waals surface area contributed by atoms with Gasteiger partial charge in [-0.05, 0) is 37.1 Å². The first-order chi connectivity index (χ1) is 9.19. The Kier molecular flexibility index (Phi) is 3.44. The molecule has 0 atom stereocenters. The maximum Gasteiger partial charge on any atom is 0.224 e. The zero-order valence-electron chi connectivity index (χ0n) is 10.0. The van der Waals surface area contributed by atoms with Crippen molar-refractivity contribution < 1.29 is 0 Å². The molecule has 4 nitrogen and oxygen atoms in total. The molecule has 1 saturated carbocycles. The molecule has 0 saturated heterocycles. The van der Waals surface area contributed by atoms with Crippen LogP contribution in [0.25, 0.3) is 0 Å². The van der Waals surface area contributed by atoms with Crippen molar-refractivity contribution in [2.75, 3.05) is 10.6 Å². The third-order valence-corrected chi connectivity index (χ3v) is 3.14. The highest BCUT2D eigenvalue weighted by atomic mass is 35.5. The largest absolute Gasteiger partial charge is 0.351 e. The Morgan fingerprint density at radius 2 is 1.84 bits per heavy atom. The predicted octanol–water partition coefficient (Wildman–Crippen LogP) is 4.10. The van der Waals surface area contributed by atoms with Crippen LogP contribution in [0.5, 0.6) is 0 Å². The number of aromatic nitrogens is 2. The maximum atomic E-state index is 5.96. The lowest BCUT2D eigenvalue weighted by molar-refractivity contribution is 1.05. The molecular weight excluding hydrogens is 283 g/mol. The van der Waals surface area contributed by atoms with E-state index in [4.69, 9.17) is 23.2 Å². The standard InChI is InChI=1S/C13H12Cl2N4/c14-8-5-9(15)7-11(6-8)17-12-3-4-16-13(19-12)18-10-1-2-10/h3-7,10H,1-2H2,(H2,16,17,18,19). The first-order valence-electron chi connectivity index (χ1n) is 6.02. The summed E-state index contributed by atoms with van der Waals surface area (Å²) in [7, 11) is 0. The lowest BCUT2D eigenvalue weighted by atomic mass is 10.3. The van der Waals surface area contributed by atoms with E-state index in [2.05, 4.69) is 20.6 Å². The summed E-state index contributed by atoms with van der Waals surface area (Å²) in [4.78, 5) is 8.57. The van der Waals surface area contributed by atoms with E-state index in [1.165, 1.54) is 12.8 Å². The Morgan fingerprint density at radius 3 is 2.53 bits per heavy atom. The van der Waals surface area contributed by atoms with Crippen molar-refractivity contribution in [1.82, 2.24) is 9.97 Å². The lowest BCUT2D eigenvalue weighted by Gasteiger charge is -2.08. The van der Waals surface area contributed by atoms with Gasteiger partial charge in [-0.2, -0.15) is 4.98 Å². The van der Waals surface area contributed by atoms with E-state index in [0.717, 1.165) is 5.69 Å². The number of hydrogen-bond donors (Lipinski definition) is 2. The number of nitrogens with one attached hydrogen (secondary N) is 2. The second-order valence-electron chi connectivity index (χ2n) is 4.47. The van der Waals surface area contributed by atoms with Crippen molar-refractivity contribution in [1.29, 1.82) is 0 Å². The molecule has 1 aliphatic rings. The van der Waals surface area contributed by atoms with Gasteiger partial charge >= 0.3 is 0 Å². The van der Waals surface area contributed by atoms with Crippen LogP contribution in [-0.4, -0.2) is 16.0 Å². The molecule has 6 heteroatoms. The zero-order chi connectivity index (χ0) is 13.2. The fraction of sp³-hybridized carbons (Fsp3) is 0.231. The third kappa shape index (κ3) is 3.49. The summed E-state index contributed by atoms with van der Waals surface area (Å²) in [6.45, 7) is 0. The summed E-state index contributed by atoms with van der Waals surface area (Å²) >= 11 is 11.9. The first kappa shape index (κ1) is 12.5. The average Bonchev–Trinajstić information content (AvgIpc) is 3.12. The van der Waals surface area contributed by atoms with Crippen LogP contribution in [0.15, 0.2) is 30.5 Å². The van der Waals surface area contributed by atoms with E-state index >= 15 is 0 Å². The molecule has 19 heavy (non-hydrogen) atoms. The van der Waals surface area contributed by atoms with Crippen molar-refractivity contribution in [3.8, 4) is 0 Å². The van der Waals surface area contributed by atoms with E-state index in [1.54, 1.807) is 30.5 Å². The molecule has 0 radical (unpaired) electrons. The predicted molar refractivity (Wildman–Crippen MR) is 78.4 cm³/mol. The number of benzene rings is 1. The van der Waals surface area contributed by atoms with Gasteiger partial charge in [0.15, 0.2) is 0 Å². The van der Waals surface area contributed by atoms with Crippen LogP contribution in [0, 0.1) is 0 Å². The highest BCUT2D eigenvalue weighted by molar-refractivity contribution is 6.35. The number of halogens is 2. The minimum atomic E-state index is 0.524. The van der Waals surface area contributed by atoms with Gasteiger partial charge in [-0.25, -0.2) is 4.98 Å². The zero-order valence-corrected chi connectivity index (χ0v) is 11.5. The normalized spacial score (nSPS) is 14.2. The SMILES string of the molecule is Clc1cc(Cl)cc(Nc2ccnc(NC3CC3)n2)c1. The van der Waals surface area contributed by atoms with Gasteiger partial charge in [-0.3, -0.25) is 0 Å². The van der Waals surface area contributed by atoms with E-state index in [0.29, 0.717) is 27.9 Å². The van der Waals surface area contributed by atoms with E-state index < -0.39 is 0 Å². The average molecular weight is 295 g/mol. The first-order valence-corrected chi connectivity index (χ1v) is 6.77. The van der Waals surface area contributed by atoms with E-state index in [9.17, 15) is 0 Å². The summed E-state index contributed by atoms with van der Waals surface area (Å²) in [5, 5.41) is 7.58. The molecule has 1 aromatic heterocycles. The molecule has 2 aromatic rings. The van der Waals surface area contributed by atoms with Crippen LogP contribution in [0.3, 0.4) is 0 Å². The number of hydrogen-bond acceptors (Lipinski definition) is 4. The molecule has 98 valence electrons. The van der Waals surface area contributed by atoms with Gasteiger partial charge in [0, 0.05) is 28.0 Å². The molecule has 3 rings (SSSR count). The van der Waals surface area contributed by atoms with Crippen molar-refractivity contribution in [3.05, 3.63) is 40.5 Å². The number of anilines is 3. The molecule has 2 N–H and O–H groups in total. The Hall–Kier alpha value is -1.52. The van der Waals surface area contributed by atoms with Crippen LogP contribution < -0.4 is 10.6 Å². The topological polar surface area (TPSA) is 49.8 Å². The lowest BCUT2D eigenvalue weighted by Crippen LogP contribution is -2.06. The fourth-order valence-electron chi connectivity index (χ4n) is 1.68. The minimum absolute atomic E-state index is 0.524. The molecule has 0 spiro atoms. The summed E-state index contributed by atoms with van der Waals surface area (Å²) in [5.74, 6) is 1.34. The highest BCUT2D eigenvalue weighted by Gasteiger charge is 2.21. The maximum absolute atomic E-state index is 5.96. The van der Waals surface area contributed by atoms with Gasteiger partial charge in [-0.1, -0.05) is 23.2 Å². The van der Waals surface area contributed by atoms with Crippen LogP contribution in [0.1, 0.15) is 12.8 Å². The van der Waals surface area contributed by atoms with Crippen molar-refractivity contribution >= 4 is 40.7 Å². The summed E-state index contributed by atoms with van der Waals surface area (Å²) in [5.41, 5.74) is 0.800. The van der Waals surface area contributed by atoms with Crippen LogP contribution in [0.2, 0.25) is 10.0 Å². The molecule has 0 bridgehead atoms. The molecule has 0 aliphatic heterocycles.